The van der Waals surface area contributed by atoms with Gasteiger partial charge in [-0.15, -0.1) is 0 Å². The fourth-order valence-corrected chi connectivity index (χ4v) is 5.53. The van der Waals surface area contributed by atoms with Crippen molar-refractivity contribution in [2.75, 3.05) is 19.6 Å². The lowest BCUT2D eigenvalue weighted by Crippen LogP contribution is -2.61. The summed E-state index contributed by atoms with van der Waals surface area (Å²) < 4.78 is 6.66. The minimum Gasteiger partial charge on any atom is -0.416 e. The van der Waals surface area contributed by atoms with Crippen molar-refractivity contribution in [3.8, 4) is 0 Å². The van der Waals surface area contributed by atoms with Crippen LogP contribution in [0.2, 0.25) is 13.1 Å². The Morgan fingerprint density at radius 1 is 0.964 bits per heavy atom. The Balaban J connectivity index is 2.03. The molecule has 3 rings (SSSR count). The van der Waals surface area contributed by atoms with Gasteiger partial charge in [0.2, 0.25) is 0 Å². The molecule has 1 aliphatic rings. The van der Waals surface area contributed by atoms with E-state index in [0.717, 1.165) is 19.6 Å². The van der Waals surface area contributed by atoms with Crippen LogP contribution in [-0.2, 0) is 4.43 Å². The van der Waals surface area contributed by atoms with Crippen molar-refractivity contribution in [3.63, 3.8) is 0 Å². The van der Waals surface area contributed by atoms with Gasteiger partial charge >= 0.3 is 0 Å². The topological polar surface area (TPSA) is 24.5 Å². The molecule has 4 heteroatoms. The molecule has 0 amide bonds. The first-order chi connectivity index (χ1) is 13.4. The second-order valence-electron chi connectivity index (χ2n) is 9.20. The molecule has 0 bridgehead atoms. The van der Waals surface area contributed by atoms with Crippen LogP contribution in [0.25, 0.3) is 0 Å². The second kappa shape index (κ2) is 9.36. The molecular weight excluding hydrogens is 360 g/mol. The maximum Gasteiger partial charge on any atom is 0.171 e. The minimum absolute atomic E-state index is 0.0944. The van der Waals surface area contributed by atoms with E-state index in [4.69, 9.17) is 4.43 Å². The molecule has 2 unspecified atom stereocenters. The highest BCUT2D eigenvalue weighted by atomic mass is 28.3. The standard InChI is InChI=1S/C24H36N2OSi/c1-24(2,3)23(27-28(4)5)21-18-25-16-17-26(21)22(19-12-8-6-9-13-19)20-14-10-7-11-15-20/h6-15,21-23,25,28H,16-18H2,1-5H3. The Morgan fingerprint density at radius 2 is 1.50 bits per heavy atom. The summed E-state index contributed by atoms with van der Waals surface area (Å²) in [5.41, 5.74) is 2.81. The highest BCUT2D eigenvalue weighted by Crippen LogP contribution is 2.36. The number of benzene rings is 2. The van der Waals surface area contributed by atoms with Gasteiger partial charge in [0.25, 0.3) is 0 Å². The second-order valence-corrected chi connectivity index (χ2v) is 11.6. The van der Waals surface area contributed by atoms with Crippen LogP contribution in [0.4, 0.5) is 0 Å². The fourth-order valence-electron chi connectivity index (χ4n) is 4.35. The summed E-state index contributed by atoms with van der Waals surface area (Å²) in [7, 11) is -1.16. The first kappa shape index (κ1) is 21.3. The summed E-state index contributed by atoms with van der Waals surface area (Å²) >= 11 is 0. The zero-order chi connectivity index (χ0) is 20.1. The summed E-state index contributed by atoms with van der Waals surface area (Å²) in [5.74, 6) is 0. The Kier molecular flexibility index (Phi) is 7.10. The molecular formula is C24H36N2OSi. The van der Waals surface area contributed by atoms with E-state index in [9.17, 15) is 0 Å². The Morgan fingerprint density at radius 3 is 1.96 bits per heavy atom. The van der Waals surface area contributed by atoms with Gasteiger partial charge in [-0.2, -0.15) is 0 Å². The van der Waals surface area contributed by atoms with E-state index in [1.807, 2.05) is 0 Å². The van der Waals surface area contributed by atoms with Crippen LogP contribution < -0.4 is 5.32 Å². The van der Waals surface area contributed by atoms with Gasteiger partial charge in [-0.1, -0.05) is 81.4 Å². The quantitative estimate of drug-likeness (QED) is 0.730. The van der Waals surface area contributed by atoms with Gasteiger partial charge in [0.05, 0.1) is 12.1 Å². The first-order valence-electron chi connectivity index (χ1n) is 10.6. The molecule has 2 aromatic carbocycles. The lowest BCUT2D eigenvalue weighted by Gasteiger charge is -2.49. The molecule has 2 atom stereocenters. The van der Waals surface area contributed by atoms with Gasteiger partial charge < -0.3 is 9.74 Å². The van der Waals surface area contributed by atoms with E-state index >= 15 is 0 Å². The maximum atomic E-state index is 6.66. The largest absolute Gasteiger partial charge is 0.416 e. The van der Waals surface area contributed by atoms with Crippen molar-refractivity contribution in [2.24, 2.45) is 5.41 Å². The van der Waals surface area contributed by atoms with E-state index in [1.165, 1.54) is 11.1 Å². The number of hydrogen-bond donors (Lipinski definition) is 1. The molecule has 1 heterocycles. The third kappa shape index (κ3) is 5.12. The summed E-state index contributed by atoms with van der Waals surface area (Å²) in [6.45, 7) is 14.5. The molecule has 1 aliphatic heterocycles. The molecule has 3 nitrogen and oxygen atoms in total. The minimum atomic E-state index is -1.16. The Hall–Kier alpha value is -1.46. The predicted octanol–water partition coefficient (Wildman–Crippen LogP) is 4.46. The lowest BCUT2D eigenvalue weighted by molar-refractivity contribution is -0.0243. The molecule has 0 saturated carbocycles. The van der Waals surface area contributed by atoms with E-state index in [2.05, 4.69) is 105 Å². The monoisotopic (exact) mass is 396 g/mol. The molecule has 0 aromatic heterocycles. The van der Waals surface area contributed by atoms with Crippen LogP contribution in [0.15, 0.2) is 60.7 Å². The van der Waals surface area contributed by atoms with Gasteiger partial charge in [0.1, 0.15) is 0 Å². The van der Waals surface area contributed by atoms with Gasteiger partial charge in [-0.3, -0.25) is 4.90 Å². The smallest absolute Gasteiger partial charge is 0.171 e. The van der Waals surface area contributed by atoms with Crippen LogP contribution in [0.1, 0.15) is 37.9 Å². The van der Waals surface area contributed by atoms with Gasteiger partial charge in [0.15, 0.2) is 9.04 Å². The third-order valence-electron chi connectivity index (χ3n) is 5.51. The molecule has 1 saturated heterocycles. The zero-order valence-electron chi connectivity index (χ0n) is 18.1. The van der Waals surface area contributed by atoms with E-state index in [0.29, 0.717) is 6.04 Å². The molecule has 1 N–H and O–H groups in total. The zero-order valence-corrected chi connectivity index (χ0v) is 19.2. The number of piperazine rings is 1. The molecule has 2 aromatic rings. The van der Waals surface area contributed by atoms with Crippen molar-refractivity contribution < 1.29 is 4.43 Å². The van der Waals surface area contributed by atoms with Gasteiger partial charge in [-0.05, 0) is 29.6 Å². The summed E-state index contributed by atoms with van der Waals surface area (Å²) in [6.07, 6.45) is 0.210. The van der Waals surface area contributed by atoms with Crippen LogP contribution in [0.3, 0.4) is 0 Å². The molecule has 0 radical (unpaired) electrons. The van der Waals surface area contributed by atoms with Crippen LogP contribution >= 0.6 is 0 Å². The maximum absolute atomic E-state index is 6.66. The van der Waals surface area contributed by atoms with Crippen molar-refractivity contribution in [2.45, 2.75) is 52.1 Å². The van der Waals surface area contributed by atoms with Crippen molar-refractivity contribution in [3.05, 3.63) is 71.8 Å². The Labute approximate surface area is 172 Å². The average molecular weight is 397 g/mol. The van der Waals surface area contributed by atoms with E-state index < -0.39 is 9.04 Å². The summed E-state index contributed by atoms with van der Waals surface area (Å²) in [4.78, 5) is 2.69. The van der Waals surface area contributed by atoms with Crippen LogP contribution in [-0.4, -0.2) is 45.7 Å². The molecule has 152 valence electrons. The molecule has 0 aliphatic carbocycles. The highest BCUT2D eigenvalue weighted by molar-refractivity contribution is 6.48. The number of nitrogens with one attached hydrogen (secondary N) is 1. The van der Waals surface area contributed by atoms with Gasteiger partial charge in [0, 0.05) is 25.7 Å². The number of nitrogens with zero attached hydrogens (tertiary/aromatic N) is 1. The van der Waals surface area contributed by atoms with Crippen molar-refractivity contribution >= 4 is 9.04 Å². The average Bonchev–Trinajstić information content (AvgIpc) is 2.68. The van der Waals surface area contributed by atoms with Crippen molar-refractivity contribution in [1.82, 2.24) is 10.2 Å². The van der Waals surface area contributed by atoms with E-state index in [-0.39, 0.29) is 17.6 Å². The van der Waals surface area contributed by atoms with Gasteiger partial charge in [-0.25, -0.2) is 0 Å². The van der Waals surface area contributed by atoms with Crippen LogP contribution in [0, 0.1) is 5.41 Å². The number of hydrogen-bond acceptors (Lipinski definition) is 3. The Bertz CT molecular complexity index is 675. The molecule has 28 heavy (non-hydrogen) atoms. The van der Waals surface area contributed by atoms with Crippen LogP contribution in [0.5, 0.6) is 0 Å². The van der Waals surface area contributed by atoms with Crippen molar-refractivity contribution in [1.29, 1.82) is 0 Å². The lowest BCUT2D eigenvalue weighted by atomic mass is 9.82. The first-order valence-corrected chi connectivity index (χ1v) is 13.4. The highest BCUT2D eigenvalue weighted by Gasteiger charge is 2.41. The normalized spacial score (nSPS) is 19.9. The summed E-state index contributed by atoms with van der Waals surface area (Å²) in [5, 5.41) is 3.64. The van der Waals surface area contributed by atoms with E-state index in [1.54, 1.807) is 0 Å². The predicted molar refractivity (Wildman–Crippen MR) is 121 cm³/mol. The number of rotatable bonds is 6. The molecule has 0 spiro atoms. The molecule has 1 fully saturated rings. The SMILES string of the molecule is C[SiH](C)OC(C1CNCCN1C(c1ccccc1)c1ccccc1)C(C)(C)C. The summed E-state index contributed by atoms with van der Waals surface area (Å²) in [6, 6.07) is 22.5. The third-order valence-corrected chi connectivity index (χ3v) is 6.35. The fraction of sp³-hybridized carbons (Fsp3) is 0.500.